The zero-order valence-corrected chi connectivity index (χ0v) is 15.4. The number of azide groups is 2. The van der Waals surface area contributed by atoms with Crippen LogP contribution in [-0.4, -0.2) is 5.78 Å². The molecule has 0 heterocycles. The van der Waals surface area contributed by atoms with Crippen LogP contribution in [0.4, 0.5) is 11.4 Å². The maximum Gasteiger partial charge on any atom is 0.185 e. The SMILES string of the molecule is CC1C/C(=C\c2ccc(N=[N+]=[N-])cc2)C(=O)/C(=C/c2ccc(N=[N+]=[N-])cc2)C1. The van der Waals surface area contributed by atoms with Gasteiger partial charge in [-0.1, -0.05) is 65.7 Å². The Balaban J connectivity index is 1.87. The summed E-state index contributed by atoms with van der Waals surface area (Å²) in [5.74, 6) is 0.413. The molecule has 0 spiro atoms. The molecule has 0 amide bonds. The van der Waals surface area contributed by atoms with Crippen molar-refractivity contribution in [1.82, 2.24) is 0 Å². The largest absolute Gasteiger partial charge is 0.289 e. The van der Waals surface area contributed by atoms with E-state index < -0.39 is 0 Å². The summed E-state index contributed by atoms with van der Waals surface area (Å²) in [6.07, 6.45) is 5.25. The predicted octanol–water partition coefficient (Wildman–Crippen LogP) is 7.04. The van der Waals surface area contributed by atoms with Crippen LogP contribution in [0.25, 0.3) is 33.0 Å². The van der Waals surface area contributed by atoms with Gasteiger partial charge in [0.15, 0.2) is 5.78 Å². The number of carbonyl (C=O) groups is 1. The summed E-state index contributed by atoms with van der Waals surface area (Å²) in [7, 11) is 0. The maximum atomic E-state index is 12.9. The second-order valence-corrected chi connectivity index (χ2v) is 6.74. The van der Waals surface area contributed by atoms with Crippen LogP contribution < -0.4 is 0 Å². The van der Waals surface area contributed by atoms with E-state index in [-0.39, 0.29) is 5.78 Å². The normalized spacial score (nSPS) is 19.2. The quantitative estimate of drug-likeness (QED) is 0.244. The van der Waals surface area contributed by atoms with Crippen molar-refractivity contribution < 1.29 is 4.79 Å². The van der Waals surface area contributed by atoms with Gasteiger partial charge < -0.3 is 0 Å². The van der Waals surface area contributed by atoms with Crippen molar-refractivity contribution >= 4 is 29.3 Å². The molecular weight excluding hydrogens is 352 g/mol. The molecule has 1 aliphatic carbocycles. The second-order valence-electron chi connectivity index (χ2n) is 6.74. The first-order valence-electron chi connectivity index (χ1n) is 8.85. The summed E-state index contributed by atoms with van der Waals surface area (Å²) >= 11 is 0. The van der Waals surface area contributed by atoms with E-state index in [0.717, 1.165) is 35.1 Å². The Bertz CT molecular complexity index is 954. The van der Waals surface area contributed by atoms with E-state index in [0.29, 0.717) is 17.3 Å². The Morgan fingerprint density at radius 2 is 1.21 bits per heavy atom. The Labute approximate surface area is 162 Å². The number of rotatable bonds is 4. The van der Waals surface area contributed by atoms with E-state index in [2.05, 4.69) is 27.0 Å². The Morgan fingerprint density at radius 3 is 1.57 bits per heavy atom. The van der Waals surface area contributed by atoms with Crippen molar-refractivity contribution in [3.8, 4) is 0 Å². The molecule has 138 valence electrons. The van der Waals surface area contributed by atoms with Gasteiger partial charge >= 0.3 is 0 Å². The van der Waals surface area contributed by atoms with Crippen LogP contribution >= 0.6 is 0 Å². The third kappa shape index (κ3) is 4.68. The average molecular weight is 370 g/mol. The fraction of sp³-hybridized carbons (Fsp3) is 0.190. The highest BCUT2D eigenvalue weighted by Crippen LogP contribution is 2.32. The molecule has 0 atom stereocenters. The Kier molecular flexibility index (Phi) is 5.92. The molecule has 7 nitrogen and oxygen atoms in total. The highest BCUT2D eigenvalue weighted by molar-refractivity contribution is 6.14. The number of ketones is 1. The summed E-state index contributed by atoms with van der Waals surface area (Å²) in [6.45, 7) is 2.13. The van der Waals surface area contributed by atoms with Crippen molar-refractivity contribution in [2.45, 2.75) is 19.8 Å². The van der Waals surface area contributed by atoms with Crippen LogP contribution in [0.5, 0.6) is 0 Å². The van der Waals surface area contributed by atoms with Gasteiger partial charge in [0, 0.05) is 32.3 Å². The van der Waals surface area contributed by atoms with Gasteiger partial charge in [0.2, 0.25) is 0 Å². The zero-order chi connectivity index (χ0) is 19.9. The number of benzene rings is 2. The molecule has 1 fully saturated rings. The zero-order valence-electron chi connectivity index (χ0n) is 15.4. The van der Waals surface area contributed by atoms with Gasteiger partial charge in [-0.2, -0.15) is 0 Å². The highest BCUT2D eigenvalue weighted by Gasteiger charge is 2.25. The summed E-state index contributed by atoms with van der Waals surface area (Å²) in [5.41, 5.74) is 21.4. The topological polar surface area (TPSA) is 115 Å². The van der Waals surface area contributed by atoms with Crippen LogP contribution in [0.15, 0.2) is 69.9 Å². The van der Waals surface area contributed by atoms with E-state index in [1.807, 2.05) is 36.4 Å². The molecule has 2 aromatic rings. The molecule has 0 aliphatic heterocycles. The minimum Gasteiger partial charge on any atom is -0.289 e. The third-order valence-electron chi connectivity index (χ3n) is 4.51. The minimum absolute atomic E-state index is 0.0522. The lowest BCUT2D eigenvalue weighted by Crippen LogP contribution is -2.18. The molecule has 0 saturated heterocycles. The van der Waals surface area contributed by atoms with E-state index in [1.54, 1.807) is 24.3 Å². The van der Waals surface area contributed by atoms with Crippen LogP contribution in [0, 0.1) is 5.92 Å². The number of allylic oxidation sites excluding steroid dienone is 2. The first kappa shape index (κ1) is 19.0. The van der Waals surface area contributed by atoms with E-state index >= 15 is 0 Å². The highest BCUT2D eigenvalue weighted by atomic mass is 16.1. The Hall–Kier alpha value is -3.79. The van der Waals surface area contributed by atoms with Crippen molar-refractivity contribution in [1.29, 1.82) is 0 Å². The molecule has 1 aliphatic rings. The number of hydrogen-bond acceptors (Lipinski definition) is 3. The van der Waals surface area contributed by atoms with E-state index in [4.69, 9.17) is 11.1 Å². The molecule has 28 heavy (non-hydrogen) atoms. The first-order chi connectivity index (χ1) is 13.6. The molecular formula is C21H18N6O. The molecule has 3 rings (SSSR count). The monoisotopic (exact) mass is 370 g/mol. The van der Waals surface area contributed by atoms with Gasteiger partial charge in [0.05, 0.1) is 0 Å². The van der Waals surface area contributed by atoms with Crippen LogP contribution in [0.1, 0.15) is 30.9 Å². The number of nitrogens with zero attached hydrogens (tertiary/aromatic N) is 6. The summed E-state index contributed by atoms with van der Waals surface area (Å²) in [6, 6.07) is 14.2. The molecule has 2 aromatic carbocycles. The second kappa shape index (κ2) is 8.73. The molecule has 7 heteroatoms. The average Bonchev–Trinajstić information content (AvgIpc) is 2.69. The van der Waals surface area contributed by atoms with Crippen molar-refractivity contribution in [3.05, 3.63) is 91.7 Å². The van der Waals surface area contributed by atoms with Gasteiger partial charge in [-0.05, 0) is 53.1 Å². The minimum atomic E-state index is 0.0522. The fourth-order valence-corrected chi connectivity index (χ4v) is 3.24. The molecule has 0 aromatic heterocycles. The van der Waals surface area contributed by atoms with Crippen molar-refractivity contribution in [2.75, 3.05) is 0 Å². The van der Waals surface area contributed by atoms with Gasteiger partial charge in [-0.3, -0.25) is 4.79 Å². The van der Waals surface area contributed by atoms with Crippen LogP contribution in [0.2, 0.25) is 0 Å². The van der Waals surface area contributed by atoms with Gasteiger partial charge in [0.1, 0.15) is 0 Å². The third-order valence-corrected chi connectivity index (χ3v) is 4.51. The predicted molar refractivity (Wildman–Crippen MR) is 110 cm³/mol. The first-order valence-corrected chi connectivity index (χ1v) is 8.85. The van der Waals surface area contributed by atoms with Crippen LogP contribution in [0.3, 0.4) is 0 Å². The molecule has 0 bridgehead atoms. The number of Topliss-reactive ketones (excluding diaryl/α,β-unsaturated/α-hetero) is 1. The lowest BCUT2D eigenvalue weighted by atomic mass is 9.81. The van der Waals surface area contributed by atoms with E-state index in [1.165, 1.54) is 0 Å². The van der Waals surface area contributed by atoms with Crippen molar-refractivity contribution in [2.24, 2.45) is 16.1 Å². The van der Waals surface area contributed by atoms with Gasteiger partial charge in [0.25, 0.3) is 0 Å². The van der Waals surface area contributed by atoms with Gasteiger partial charge in [-0.15, -0.1) is 0 Å². The lowest BCUT2D eigenvalue weighted by Gasteiger charge is -2.22. The summed E-state index contributed by atoms with van der Waals surface area (Å²) < 4.78 is 0. The van der Waals surface area contributed by atoms with E-state index in [9.17, 15) is 4.79 Å². The number of carbonyl (C=O) groups excluding carboxylic acids is 1. The summed E-state index contributed by atoms with van der Waals surface area (Å²) in [4.78, 5) is 18.5. The maximum absolute atomic E-state index is 12.9. The molecule has 0 radical (unpaired) electrons. The summed E-state index contributed by atoms with van der Waals surface area (Å²) in [5, 5.41) is 7.11. The van der Waals surface area contributed by atoms with Gasteiger partial charge in [-0.25, -0.2) is 0 Å². The standard InChI is InChI=1S/C21H18N6O/c1-14-10-17(12-15-2-6-19(7-3-15)24-26-22)21(28)18(11-14)13-16-4-8-20(9-5-16)25-27-23/h2-9,12-14H,10-11H2,1H3/b17-12+,18-13+. The van der Waals surface area contributed by atoms with Crippen LogP contribution in [-0.2, 0) is 4.79 Å². The lowest BCUT2D eigenvalue weighted by molar-refractivity contribution is -0.113. The smallest absolute Gasteiger partial charge is 0.185 e. The fourth-order valence-electron chi connectivity index (χ4n) is 3.24. The van der Waals surface area contributed by atoms with Crippen molar-refractivity contribution in [3.63, 3.8) is 0 Å². The molecule has 0 N–H and O–H groups in total. The molecule has 1 saturated carbocycles. The molecule has 0 unspecified atom stereocenters. The Morgan fingerprint density at radius 1 is 0.821 bits per heavy atom. The number of hydrogen-bond donors (Lipinski definition) is 0.